The molecule has 1 aromatic carbocycles. The van der Waals surface area contributed by atoms with Gasteiger partial charge in [-0.25, -0.2) is 4.98 Å². The number of benzene rings is 1. The van der Waals surface area contributed by atoms with Gasteiger partial charge < -0.3 is 10.1 Å². The molecule has 4 heteroatoms. The Morgan fingerprint density at radius 2 is 1.83 bits per heavy atom. The highest BCUT2D eigenvalue weighted by molar-refractivity contribution is 5.73. The number of hydrogen-bond donors (Lipinski definition) is 1. The van der Waals surface area contributed by atoms with E-state index in [2.05, 4.69) is 34.3 Å². The van der Waals surface area contributed by atoms with E-state index in [0.717, 1.165) is 24.0 Å². The van der Waals surface area contributed by atoms with Crippen molar-refractivity contribution in [2.75, 3.05) is 7.11 Å². The summed E-state index contributed by atoms with van der Waals surface area (Å²) in [6.45, 7) is 3.56. The number of ether oxygens (including phenoxy) is 1. The molecule has 1 heterocycles. The minimum atomic E-state index is 0.0149. The van der Waals surface area contributed by atoms with E-state index in [1.807, 2.05) is 25.1 Å². The van der Waals surface area contributed by atoms with Gasteiger partial charge in [0.2, 0.25) is 11.8 Å². The Balaban J connectivity index is 1.92. The van der Waals surface area contributed by atoms with E-state index in [1.54, 1.807) is 26.3 Å². The lowest BCUT2D eigenvalue weighted by Gasteiger charge is -2.11. The molecular weight excluding hydrogens is 300 g/mol. The summed E-state index contributed by atoms with van der Waals surface area (Å²) in [4.78, 5) is 15.1. The summed E-state index contributed by atoms with van der Waals surface area (Å²) in [6.07, 6.45) is 3.54. The van der Waals surface area contributed by atoms with Crippen LogP contribution >= 0.6 is 0 Å². The summed E-state index contributed by atoms with van der Waals surface area (Å²) < 4.78 is 5.02. The van der Waals surface area contributed by atoms with Crippen LogP contribution in [0.1, 0.15) is 37.0 Å². The van der Waals surface area contributed by atoms with Gasteiger partial charge in [-0.1, -0.05) is 24.0 Å². The van der Waals surface area contributed by atoms with E-state index in [0.29, 0.717) is 5.88 Å². The molecular formula is C20H22N2O2. The topological polar surface area (TPSA) is 51.2 Å². The van der Waals surface area contributed by atoms with Crippen LogP contribution in [0.4, 0.5) is 0 Å². The molecule has 0 aliphatic rings. The van der Waals surface area contributed by atoms with Crippen molar-refractivity contribution in [1.82, 2.24) is 10.3 Å². The lowest BCUT2D eigenvalue weighted by atomic mass is 10.0. The fourth-order valence-corrected chi connectivity index (χ4v) is 2.28. The number of amides is 1. The second-order valence-corrected chi connectivity index (χ2v) is 5.68. The summed E-state index contributed by atoms with van der Waals surface area (Å²) in [5, 5.41) is 2.89. The van der Waals surface area contributed by atoms with E-state index in [1.165, 1.54) is 5.56 Å². The Morgan fingerprint density at radius 1 is 1.17 bits per heavy atom. The SMILES string of the molecule is COc1ccc(C#Cc2ccc(CCC(C)NC(C)=O)cc2)cn1. The second-order valence-electron chi connectivity index (χ2n) is 5.68. The Kier molecular flexibility index (Phi) is 6.39. The Bertz CT molecular complexity index is 725. The molecule has 124 valence electrons. The molecule has 24 heavy (non-hydrogen) atoms. The fourth-order valence-electron chi connectivity index (χ4n) is 2.28. The number of hydrogen-bond acceptors (Lipinski definition) is 3. The van der Waals surface area contributed by atoms with Crippen LogP contribution in [0.2, 0.25) is 0 Å². The molecule has 0 fully saturated rings. The van der Waals surface area contributed by atoms with Gasteiger partial charge in [0, 0.05) is 36.4 Å². The first-order valence-electron chi connectivity index (χ1n) is 7.95. The van der Waals surface area contributed by atoms with Crippen molar-refractivity contribution in [2.24, 2.45) is 0 Å². The van der Waals surface area contributed by atoms with Crippen molar-refractivity contribution in [3.8, 4) is 17.7 Å². The Morgan fingerprint density at radius 3 is 2.42 bits per heavy atom. The molecule has 0 spiro atoms. The molecule has 0 aliphatic carbocycles. The maximum Gasteiger partial charge on any atom is 0.217 e. The van der Waals surface area contributed by atoms with Crippen LogP contribution in [0.15, 0.2) is 42.6 Å². The van der Waals surface area contributed by atoms with Crippen molar-refractivity contribution in [2.45, 2.75) is 32.7 Å². The van der Waals surface area contributed by atoms with Gasteiger partial charge in [-0.15, -0.1) is 0 Å². The van der Waals surface area contributed by atoms with Gasteiger partial charge in [-0.2, -0.15) is 0 Å². The third kappa shape index (κ3) is 5.77. The van der Waals surface area contributed by atoms with E-state index in [9.17, 15) is 4.79 Å². The monoisotopic (exact) mass is 322 g/mol. The highest BCUT2D eigenvalue weighted by Gasteiger charge is 2.03. The number of methoxy groups -OCH3 is 1. The molecule has 0 saturated heterocycles. The predicted octanol–water partition coefficient (Wildman–Crippen LogP) is 2.95. The van der Waals surface area contributed by atoms with Gasteiger partial charge in [0.15, 0.2) is 0 Å². The van der Waals surface area contributed by atoms with E-state index >= 15 is 0 Å². The van der Waals surface area contributed by atoms with Crippen LogP contribution in [0.25, 0.3) is 0 Å². The molecule has 2 rings (SSSR count). The first kappa shape index (κ1) is 17.6. The number of carbonyl (C=O) groups is 1. The maximum atomic E-state index is 11.0. The summed E-state index contributed by atoms with van der Waals surface area (Å²) in [5.74, 6) is 6.81. The summed E-state index contributed by atoms with van der Waals surface area (Å²) in [5.41, 5.74) is 3.05. The van der Waals surface area contributed by atoms with Gasteiger partial charge in [0.05, 0.1) is 7.11 Å². The zero-order chi connectivity index (χ0) is 17.4. The zero-order valence-electron chi connectivity index (χ0n) is 14.3. The molecule has 0 radical (unpaired) electrons. The normalized spacial score (nSPS) is 11.1. The van der Waals surface area contributed by atoms with Gasteiger partial charge in [-0.3, -0.25) is 4.79 Å². The predicted molar refractivity (Wildman–Crippen MR) is 94.8 cm³/mol. The lowest BCUT2D eigenvalue weighted by Crippen LogP contribution is -2.30. The van der Waals surface area contributed by atoms with Gasteiger partial charge in [0.25, 0.3) is 0 Å². The highest BCUT2D eigenvalue weighted by atomic mass is 16.5. The van der Waals surface area contributed by atoms with Gasteiger partial charge >= 0.3 is 0 Å². The van der Waals surface area contributed by atoms with Crippen molar-refractivity contribution < 1.29 is 9.53 Å². The van der Waals surface area contributed by atoms with E-state index < -0.39 is 0 Å². The lowest BCUT2D eigenvalue weighted by molar-refractivity contribution is -0.119. The third-order valence-electron chi connectivity index (χ3n) is 3.57. The minimum Gasteiger partial charge on any atom is -0.481 e. The highest BCUT2D eigenvalue weighted by Crippen LogP contribution is 2.09. The van der Waals surface area contributed by atoms with Crippen molar-refractivity contribution in [3.63, 3.8) is 0 Å². The van der Waals surface area contributed by atoms with Gasteiger partial charge in [-0.05, 0) is 43.5 Å². The summed E-state index contributed by atoms with van der Waals surface area (Å²) in [6, 6.07) is 12.1. The summed E-state index contributed by atoms with van der Waals surface area (Å²) in [7, 11) is 1.59. The zero-order valence-corrected chi connectivity index (χ0v) is 14.3. The van der Waals surface area contributed by atoms with Crippen LogP contribution in [0.3, 0.4) is 0 Å². The Labute approximate surface area is 143 Å². The van der Waals surface area contributed by atoms with Crippen LogP contribution in [0.5, 0.6) is 5.88 Å². The van der Waals surface area contributed by atoms with Gasteiger partial charge in [0.1, 0.15) is 0 Å². The van der Waals surface area contributed by atoms with Crippen LogP contribution in [0, 0.1) is 11.8 Å². The average molecular weight is 322 g/mol. The van der Waals surface area contributed by atoms with E-state index in [-0.39, 0.29) is 11.9 Å². The van der Waals surface area contributed by atoms with Crippen LogP contribution < -0.4 is 10.1 Å². The fraction of sp³-hybridized carbons (Fsp3) is 0.300. The molecule has 1 N–H and O–H groups in total. The van der Waals surface area contributed by atoms with Crippen molar-refractivity contribution >= 4 is 5.91 Å². The Hall–Kier alpha value is -2.80. The number of pyridine rings is 1. The standard InChI is InChI=1S/C20H22N2O2/c1-15(22-16(2)23)4-5-17-6-8-18(9-7-17)10-11-19-12-13-20(24-3)21-14-19/h6-9,12-15H,4-5H2,1-3H3,(H,22,23). The molecule has 1 amide bonds. The molecule has 1 aromatic heterocycles. The first-order chi connectivity index (χ1) is 11.6. The number of carbonyl (C=O) groups excluding carboxylic acids is 1. The smallest absolute Gasteiger partial charge is 0.217 e. The van der Waals surface area contributed by atoms with Crippen LogP contribution in [-0.2, 0) is 11.2 Å². The second kappa shape index (κ2) is 8.73. The first-order valence-corrected chi connectivity index (χ1v) is 7.95. The van der Waals surface area contributed by atoms with Crippen molar-refractivity contribution in [3.05, 3.63) is 59.3 Å². The number of aryl methyl sites for hydroxylation is 1. The molecule has 1 unspecified atom stereocenters. The molecule has 0 bridgehead atoms. The van der Waals surface area contributed by atoms with Crippen molar-refractivity contribution in [1.29, 1.82) is 0 Å². The number of nitrogens with one attached hydrogen (secondary N) is 1. The quantitative estimate of drug-likeness (QED) is 0.861. The van der Waals surface area contributed by atoms with Crippen LogP contribution in [-0.4, -0.2) is 24.0 Å². The minimum absolute atomic E-state index is 0.0149. The maximum absolute atomic E-state index is 11.0. The van der Waals surface area contributed by atoms with E-state index in [4.69, 9.17) is 4.74 Å². The largest absolute Gasteiger partial charge is 0.481 e. The number of nitrogens with zero attached hydrogens (tertiary/aromatic N) is 1. The molecule has 4 nitrogen and oxygen atoms in total. The number of rotatable bonds is 5. The molecule has 1 atom stereocenters. The average Bonchev–Trinajstić information content (AvgIpc) is 2.59. The molecule has 2 aromatic rings. The molecule has 0 aliphatic heterocycles. The third-order valence-corrected chi connectivity index (χ3v) is 3.57. The molecule has 0 saturated carbocycles. The number of aromatic nitrogens is 1. The summed E-state index contributed by atoms with van der Waals surface area (Å²) >= 11 is 0.